The Bertz CT molecular complexity index is 387. The van der Waals surface area contributed by atoms with E-state index in [9.17, 15) is 10.1 Å². The molecule has 1 aromatic rings. The number of unbranched alkanes of at least 4 members (excludes halogenated alkanes) is 1. The first kappa shape index (κ1) is 13.9. The van der Waals surface area contributed by atoms with Gasteiger partial charge in [0.1, 0.15) is 11.9 Å². The minimum Gasteiger partial charge on any atom is -0.385 e. The van der Waals surface area contributed by atoms with E-state index in [0.717, 1.165) is 12.8 Å². The van der Waals surface area contributed by atoms with Gasteiger partial charge in [0.25, 0.3) is 0 Å². The van der Waals surface area contributed by atoms with Gasteiger partial charge in [-0.2, -0.15) is 0 Å². The van der Waals surface area contributed by atoms with E-state index in [-0.39, 0.29) is 5.69 Å². The molecule has 0 aliphatic heterocycles. The molecule has 1 heterocycles. The fourth-order valence-corrected chi connectivity index (χ4v) is 1.78. The Morgan fingerprint density at radius 2 is 2.29 bits per heavy atom. The highest BCUT2D eigenvalue weighted by Crippen LogP contribution is 2.30. The fraction of sp³-hybridized carbons (Fsp3) is 0.500. The molecule has 0 fully saturated rings. The number of halogens is 1. The molecule has 0 aliphatic rings. The molecule has 0 aromatic carbocycles. The van der Waals surface area contributed by atoms with Crippen LogP contribution in [-0.2, 0) is 4.74 Å². The van der Waals surface area contributed by atoms with Crippen LogP contribution in [0.5, 0.6) is 0 Å². The molecule has 17 heavy (non-hydrogen) atoms. The summed E-state index contributed by atoms with van der Waals surface area (Å²) in [5.41, 5.74) is 0.452. The summed E-state index contributed by atoms with van der Waals surface area (Å²) in [5.74, 6) is 0. The van der Waals surface area contributed by atoms with Gasteiger partial charge in [0.05, 0.1) is 9.40 Å². The van der Waals surface area contributed by atoms with Gasteiger partial charge in [0.2, 0.25) is 0 Å². The Morgan fingerprint density at radius 3 is 2.94 bits per heavy atom. The molecule has 7 heteroatoms. The van der Waals surface area contributed by atoms with Crippen LogP contribution in [0.25, 0.3) is 0 Å². The largest absolute Gasteiger partial charge is 0.385 e. The molecule has 1 aromatic heterocycles. The van der Waals surface area contributed by atoms with Crippen molar-refractivity contribution in [2.75, 3.05) is 25.6 Å². The third kappa shape index (κ3) is 4.27. The minimum absolute atomic E-state index is 0.0221. The molecule has 1 rings (SSSR count). The van der Waals surface area contributed by atoms with Crippen molar-refractivity contribution in [3.63, 3.8) is 0 Å². The van der Waals surface area contributed by atoms with E-state index in [1.54, 1.807) is 7.11 Å². The first-order chi connectivity index (χ1) is 8.16. The maximum Gasteiger partial charge on any atom is 0.311 e. The normalized spacial score (nSPS) is 10.2. The second-order valence-corrected chi connectivity index (χ2v) is 4.25. The molecule has 0 saturated heterocycles. The zero-order valence-electron chi connectivity index (χ0n) is 9.48. The monoisotopic (exact) mass is 303 g/mol. The highest BCUT2D eigenvalue weighted by molar-refractivity contribution is 9.10. The Kier molecular flexibility index (Phi) is 5.85. The number of aromatic nitrogens is 1. The van der Waals surface area contributed by atoms with E-state index < -0.39 is 4.92 Å². The van der Waals surface area contributed by atoms with Gasteiger partial charge in [-0.15, -0.1) is 0 Å². The van der Waals surface area contributed by atoms with E-state index in [1.807, 2.05) is 0 Å². The molecule has 6 nitrogen and oxygen atoms in total. The Labute approximate surface area is 108 Å². The van der Waals surface area contributed by atoms with E-state index in [0.29, 0.717) is 23.3 Å². The van der Waals surface area contributed by atoms with Crippen molar-refractivity contribution in [2.45, 2.75) is 12.8 Å². The molecule has 0 amide bonds. The lowest BCUT2D eigenvalue weighted by Gasteiger charge is -2.08. The molecule has 0 unspecified atom stereocenters. The first-order valence-electron chi connectivity index (χ1n) is 5.17. The smallest absolute Gasteiger partial charge is 0.311 e. The minimum atomic E-state index is -0.449. The quantitative estimate of drug-likeness (QED) is 0.476. The fourth-order valence-electron chi connectivity index (χ4n) is 1.32. The summed E-state index contributed by atoms with van der Waals surface area (Å²) >= 11 is 3.24. The van der Waals surface area contributed by atoms with E-state index in [2.05, 4.69) is 26.2 Å². The third-order valence-corrected chi connectivity index (χ3v) is 2.75. The number of hydrogen-bond acceptors (Lipinski definition) is 5. The molecular formula is C10H14BrN3O3. The molecule has 0 atom stereocenters. The van der Waals surface area contributed by atoms with Crippen LogP contribution in [0.1, 0.15) is 12.8 Å². The van der Waals surface area contributed by atoms with Crippen LogP contribution in [0.15, 0.2) is 16.9 Å². The van der Waals surface area contributed by atoms with Gasteiger partial charge >= 0.3 is 5.69 Å². The molecule has 0 saturated carbocycles. The van der Waals surface area contributed by atoms with Gasteiger partial charge < -0.3 is 10.1 Å². The van der Waals surface area contributed by atoms with Crippen molar-refractivity contribution in [3.8, 4) is 0 Å². The lowest BCUT2D eigenvalue weighted by atomic mass is 10.3. The van der Waals surface area contributed by atoms with Crippen molar-refractivity contribution in [2.24, 2.45) is 0 Å². The standard InChI is InChI=1S/C10H14BrN3O3/c1-17-5-3-2-4-13-10-8(11)6-12-7-9(10)14(15)16/h6-7H,2-5H2,1H3,(H,12,13). The highest BCUT2D eigenvalue weighted by atomic mass is 79.9. The van der Waals surface area contributed by atoms with Crippen molar-refractivity contribution in [1.82, 2.24) is 4.98 Å². The van der Waals surface area contributed by atoms with Gasteiger partial charge in [0.15, 0.2) is 0 Å². The number of ether oxygens (including phenoxy) is 1. The summed E-state index contributed by atoms with van der Waals surface area (Å²) in [5, 5.41) is 13.8. The Morgan fingerprint density at radius 1 is 1.53 bits per heavy atom. The summed E-state index contributed by atoms with van der Waals surface area (Å²) in [6.07, 6.45) is 4.58. The van der Waals surface area contributed by atoms with Gasteiger partial charge in [-0.3, -0.25) is 15.1 Å². The predicted molar refractivity (Wildman–Crippen MR) is 68.2 cm³/mol. The number of nitro groups is 1. The molecular weight excluding hydrogens is 290 g/mol. The highest BCUT2D eigenvalue weighted by Gasteiger charge is 2.16. The summed E-state index contributed by atoms with van der Waals surface area (Å²) in [7, 11) is 1.65. The van der Waals surface area contributed by atoms with Crippen LogP contribution in [0.4, 0.5) is 11.4 Å². The number of anilines is 1. The second kappa shape index (κ2) is 7.18. The molecule has 1 N–H and O–H groups in total. The molecule has 0 aliphatic carbocycles. The van der Waals surface area contributed by atoms with Crippen LogP contribution in [0.2, 0.25) is 0 Å². The van der Waals surface area contributed by atoms with Crippen molar-refractivity contribution < 1.29 is 9.66 Å². The maximum atomic E-state index is 10.8. The number of nitrogens with one attached hydrogen (secondary N) is 1. The number of nitrogens with zero attached hydrogens (tertiary/aromatic N) is 2. The average Bonchev–Trinajstić information content (AvgIpc) is 2.30. The topological polar surface area (TPSA) is 77.3 Å². The number of methoxy groups -OCH3 is 1. The van der Waals surface area contributed by atoms with Crippen molar-refractivity contribution in [3.05, 3.63) is 27.0 Å². The van der Waals surface area contributed by atoms with Gasteiger partial charge in [-0.1, -0.05) is 0 Å². The summed E-state index contributed by atoms with van der Waals surface area (Å²) in [6, 6.07) is 0. The van der Waals surface area contributed by atoms with E-state index >= 15 is 0 Å². The number of hydrogen-bond donors (Lipinski definition) is 1. The number of pyridine rings is 1. The lowest BCUT2D eigenvalue weighted by molar-refractivity contribution is -0.384. The van der Waals surface area contributed by atoms with E-state index in [1.165, 1.54) is 12.4 Å². The Balaban J connectivity index is 2.60. The lowest BCUT2D eigenvalue weighted by Crippen LogP contribution is -2.06. The second-order valence-electron chi connectivity index (χ2n) is 3.40. The summed E-state index contributed by atoms with van der Waals surface area (Å²) in [4.78, 5) is 14.1. The average molecular weight is 304 g/mol. The molecule has 0 radical (unpaired) electrons. The van der Waals surface area contributed by atoms with Gasteiger partial charge in [-0.05, 0) is 28.8 Å². The van der Waals surface area contributed by atoms with Crippen LogP contribution in [0.3, 0.4) is 0 Å². The van der Waals surface area contributed by atoms with Gasteiger partial charge in [0, 0.05) is 26.5 Å². The zero-order chi connectivity index (χ0) is 12.7. The third-order valence-electron chi connectivity index (χ3n) is 2.15. The van der Waals surface area contributed by atoms with Crippen LogP contribution in [0, 0.1) is 10.1 Å². The van der Waals surface area contributed by atoms with Crippen molar-refractivity contribution in [1.29, 1.82) is 0 Å². The molecule has 0 bridgehead atoms. The predicted octanol–water partition coefficient (Wildman–Crippen LogP) is 2.59. The number of rotatable bonds is 7. The van der Waals surface area contributed by atoms with Crippen molar-refractivity contribution >= 4 is 27.3 Å². The summed E-state index contributed by atoms with van der Waals surface area (Å²) < 4.78 is 5.52. The van der Waals surface area contributed by atoms with Gasteiger partial charge in [-0.25, -0.2) is 0 Å². The first-order valence-corrected chi connectivity index (χ1v) is 5.96. The Hall–Kier alpha value is -1.21. The molecule has 94 valence electrons. The zero-order valence-corrected chi connectivity index (χ0v) is 11.1. The maximum absolute atomic E-state index is 10.8. The van der Waals surface area contributed by atoms with Crippen LogP contribution >= 0.6 is 15.9 Å². The van der Waals surface area contributed by atoms with Crippen LogP contribution in [-0.4, -0.2) is 30.2 Å². The van der Waals surface area contributed by atoms with Crippen LogP contribution < -0.4 is 5.32 Å². The van der Waals surface area contributed by atoms with E-state index in [4.69, 9.17) is 4.74 Å². The SMILES string of the molecule is COCCCCNc1c(Br)cncc1[N+](=O)[O-]. The summed E-state index contributed by atoms with van der Waals surface area (Å²) in [6.45, 7) is 1.36. The molecule has 0 spiro atoms.